The fourth-order valence-corrected chi connectivity index (χ4v) is 4.64. The van der Waals surface area contributed by atoms with Crippen LogP contribution in [-0.2, 0) is 4.79 Å². The third-order valence-corrected chi connectivity index (χ3v) is 6.76. The number of hydrogen-bond acceptors (Lipinski definition) is 4. The van der Waals surface area contributed by atoms with Crippen LogP contribution in [0.3, 0.4) is 0 Å². The van der Waals surface area contributed by atoms with Crippen molar-refractivity contribution in [2.24, 2.45) is 11.8 Å². The average Bonchev–Trinajstić information content (AvgIpc) is 2.75. The summed E-state index contributed by atoms with van der Waals surface area (Å²) in [6.45, 7) is 6.38. The van der Waals surface area contributed by atoms with Crippen molar-refractivity contribution in [2.75, 3.05) is 5.32 Å². The number of rotatable bonds is 4. The summed E-state index contributed by atoms with van der Waals surface area (Å²) in [6.07, 6.45) is 3.50. The summed E-state index contributed by atoms with van der Waals surface area (Å²) in [6, 6.07) is 11.8. The first-order valence-corrected chi connectivity index (χ1v) is 10.8. The molecule has 0 radical (unpaired) electrons. The summed E-state index contributed by atoms with van der Waals surface area (Å²) in [5.41, 5.74) is 2.09. The molecule has 2 aliphatic carbocycles. The van der Waals surface area contributed by atoms with Gasteiger partial charge < -0.3 is 10.6 Å². The highest BCUT2D eigenvalue weighted by Crippen LogP contribution is 2.31. The van der Waals surface area contributed by atoms with Crippen LogP contribution in [0, 0.1) is 11.8 Å². The molecule has 156 valence electrons. The monoisotopic (exact) mass is 404 g/mol. The van der Waals surface area contributed by atoms with Crippen molar-refractivity contribution < 1.29 is 14.4 Å². The van der Waals surface area contributed by atoms with E-state index in [4.69, 9.17) is 0 Å². The molecule has 0 bridgehead atoms. The van der Waals surface area contributed by atoms with Crippen molar-refractivity contribution in [1.82, 2.24) is 5.32 Å². The van der Waals surface area contributed by atoms with Crippen molar-refractivity contribution in [3.8, 4) is 0 Å². The van der Waals surface area contributed by atoms with E-state index in [0.717, 1.165) is 6.42 Å². The molecule has 0 unspecified atom stereocenters. The van der Waals surface area contributed by atoms with Crippen LogP contribution >= 0.6 is 0 Å². The number of anilines is 1. The summed E-state index contributed by atoms with van der Waals surface area (Å²) in [7, 11) is 0. The van der Waals surface area contributed by atoms with E-state index < -0.39 is 0 Å². The van der Waals surface area contributed by atoms with Gasteiger partial charge in [0.2, 0.25) is 5.91 Å². The second-order valence-electron chi connectivity index (χ2n) is 8.72. The van der Waals surface area contributed by atoms with Crippen molar-refractivity contribution in [1.29, 1.82) is 0 Å². The molecule has 1 amide bonds. The number of hydrogen-bond donors (Lipinski definition) is 2. The number of fused-ring (bicyclic) bond motifs is 2. The van der Waals surface area contributed by atoms with Crippen molar-refractivity contribution >= 4 is 23.2 Å². The van der Waals surface area contributed by atoms with Crippen LogP contribution in [0.2, 0.25) is 0 Å². The van der Waals surface area contributed by atoms with Crippen LogP contribution < -0.4 is 10.6 Å². The third-order valence-electron chi connectivity index (χ3n) is 6.76. The minimum atomic E-state index is -0.350. The normalized spacial score (nSPS) is 24.0. The lowest BCUT2D eigenvalue weighted by Gasteiger charge is -2.36. The Balaban J connectivity index is 1.49. The van der Waals surface area contributed by atoms with E-state index in [1.165, 1.54) is 12.8 Å². The Morgan fingerprint density at radius 3 is 2.27 bits per heavy atom. The van der Waals surface area contributed by atoms with E-state index in [1.54, 1.807) is 42.5 Å². The second-order valence-corrected chi connectivity index (χ2v) is 8.72. The molecule has 2 aliphatic rings. The van der Waals surface area contributed by atoms with Gasteiger partial charge in [-0.1, -0.05) is 51.0 Å². The molecule has 2 N–H and O–H groups in total. The second kappa shape index (κ2) is 8.15. The Hall–Kier alpha value is -2.79. The van der Waals surface area contributed by atoms with Crippen LogP contribution in [-0.4, -0.2) is 29.6 Å². The summed E-state index contributed by atoms with van der Waals surface area (Å²) in [5.74, 6) is 0.691. The van der Waals surface area contributed by atoms with Crippen molar-refractivity contribution in [3.05, 3.63) is 64.7 Å². The minimum Gasteiger partial charge on any atom is -0.325 e. The third kappa shape index (κ3) is 3.70. The fourth-order valence-electron chi connectivity index (χ4n) is 4.64. The van der Waals surface area contributed by atoms with E-state index in [0.29, 0.717) is 45.8 Å². The van der Waals surface area contributed by atoms with Gasteiger partial charge >= 0.3 is 0 Å². The first-order chi connectivity index (χ1) is 14.4. The Kier molecular flexibility index (Phi) is 5.56. The molecule has 1 saturated carbocycles. The Bertz CT molecular complexity index is 1010. The van der Waals surface area contributed by atoms with Crippen molar-refractivity contribution in [3.63, 3.8) is 0 Å². The van der Waals surface area contributed by atoms with E-state index in [1.807, 2.05) is 6.92 Å². The number of amides is 1. The maximum absolute atomic E-state index is 12.9. The Morgan fingerprint density at radius 1 is 0.933 bits per heavy atom. The fraction of sp³-hybridized carbons (Fsp3) is 0.400. The topological polar surface area (TPSA) is 75.3 Å². The van der Waals surface area contributed by atoms with Gasteiger partial charge in [0.1, 0.15) is 0 Å². The molecule has 5 heteroatoms. The number of carbonyl (C=O) groups excluding carboxylic acids is 3. The molecule has 2 aromatic carbocycles. The minimum absolute atomic E-state index is 0.143. The quantitative estimate of drug-likeness (QED) is 0.683. The highest BCUT2D eigenvalue weighted by Gasteiger charge is 2.31. The summed E-state index contributed by atoms with van der Waals surface area (Å²) in [5, 5.41) is 6.38. The van der Waals surface area contributed by atoms with Gasteiger partial charge in [0.25, 0.3) is 0 Å². The van der Waals surface area contributed by atoms with Crippen molar-refractivity contribution in [2.45, 2.75) is 52.1 Å². The van der Waals surface area contributed by atoms with Crippen LogP contribution in [0.15, 0.2) is 42.5 Å². The number of nitrogens with one attached hydrogen (secondary N) is 2. The molecule has 0 aliphatic heterocycles. The molecule has 0 heterocycles. The van der Waals surface area contributed by atoms with E-state index in [9.17, 15) is 14.4 Å². The van der Waals surface area contributed by atoms with Gasteiger partial charge in [-0.05, 0) is 43.4 Å². The van der Waals surface area contributed by atoms with E-state index in [-0.39, 0.29) is 23.5 Å². The van der Waals surface area contributed by atoms with Gasteiger partial charge in [-0.2, -0.15) is 0 Å². The number of carbonyl (C=O) groups is 3. The van der Waals surface area contributed by atoms with Gasteiger partial charge in [-0.3, -0.25) is 14.4 Å². The number of benzene rings is 2. The summed E-state index contributed by atoms with van der Waals surface area (Å²) >= 11 is 0. The van der Waals surface area contributed by atoms with Gasteiger partial charge in [-0.15, -0.1) is 0 Å². The molecule has 4 rings (SSSR count). The smallest absolute Gasteiger partial charge is 0.241 e. The maximum atomic E-state index is 12.9. The molecular weight excluding hydrogens is 376 g/mol. The molecule has 0 saturated heterocycles. The van der Waals surface area contributed by atoms with Gasteiger partial charge in [0.05, 0.1) is 6.04 Å². The van der Waals surface area contributed by atoms with Gasteiger partial charge in [0.15, 0.2) is 11.6 Å². The van der Waals surface area contributed by atoms with E-state index >= 15 is 0 Å². The molecule has 4 atom stereocenters. The zero-order valence-corrected chi connectivity index (χ0v) is 17.7. The first kappa shape index (κ1) is 20.5. The average molecular weight is 405 g/mol. The zero-order chi connectivity index (χ0) is 21.4. The summed E-state index contributed by atoms with van der Waals surface area (Å²) < 4.78 is 0. The standard InChI is InChI=1S/C25H28N2O3/c1-14-7-6-10-22(15(14)2)26-16(3)25(30)27-17-11-12-20-21(13-17)24(29)19-9-5-4-8-18(19)23(20)28/h4-5,8-9,11-16,22,26H,6-7,10H2,1-3H3,(H,27,30)/t14-,15+,16-,22-/m0/s1. The predicted molar refractivity (Wildman–Crippen MR) is 117 cm³/mol. The lowest BCUT2D eigenvalue weighted by molar-refractivity contribution is -0.118. The molecule has 30 heavy (non-hydrogen) atoms. The maximum Gasteiger partial charge on any atom is 0.241 e. The molecule has 0 spiro atoms. The van der Waals surface area contributed by atoms with Crippen LogP contribution in [0.4, 0.5) is 5.69 Å². The first-order valence-electron chi connectivity index (χ1n) is 10.8. The lowest BCUT2D eigenvalue weighted by Crippen LogP contribution is -2.49. The Labute approximate surface area is 177 Å². The molecule has 2 aromatic rings. The largest absolute Gasteiger partial charge is 0.325 e. The SMILES string of the molecule is C[C@H]1[C@@H](N[C@@H](C)C(=O)Nc2ccc3c(c2)C(=O)c2ccccc2C3=O)CCC[C@@H]1C. The lowest BCUT2D eigenvalue weighted by atomic mass is 9.78. The Morgan fingerprint density at radius 2 is 1.57 bits per heavy atom. The van der Waals surface area contributed by atoms with Gasteiger partial charge in [-0.25, -0.2) is 0 Å². The predicted octanol–water partition coefficient (Wildman–Crippen LogP) is 4.20. The summed E-state index contributed by atoms with van der Waals surface area (Å²) in [4.78, 5) is 38.4. The highest BCUT2D eigenvalue weighted by atomic mass is 16.2. The highest BCUT2D eigenvalue weighted by molar-refractivity contribution is 6.28. The molecular formula is C25H28N2O3. The van der Waals surface area contributed by atoms with Crippen LogP contribution in [0.5, 0.6) is 0 Å². The molecule has 1 fully saturated rings. The molecule has 0 aromatic heterocycles. The molecule has 5 nitrogen and oxygen atoms in total. The van der Waals surface area contributed by atoms with Crippen LogP contribution in [0.1, 0.15) is 71.9 Å². The van der Waals surface area contributed by atoms with Crippen LogP contribution in [0.25, 0.3) is 0 Å². The van der Waals surface area contributed by atoms with Gasteiger partial charge in [0, 0.05) is 34.0 Å². The zero-order valence-electron chi connectivity index (χ0n) is 17.7. The number of ketones is 2. The van der Waals surface area contributed by atoms with E-state index in [2.05, 4.69) is 24.5 Å².